The highest BCUT2D eigenvalue weighted by molar-refractivity contribution is 5.82. The summed E-state index contributed by atoms with van der Waals surface area (Å²) in [6.07, 6.45) is 6.39. The molecule has 1 amide bonds. The van der Waals surface area contributed by atoms with Gasteiger partial charge in [-0.2, -0.15) is 5.26 Å². The number of rotatable bonds is 5. The minimum atomic E-state index is -0.655. The molecule has 1 heterocycles. The molecule has 0 radical (unpaired) electrons. The van der Waals surface area contributed by atoms with Crippen LogP contribution in [-0.2, 0) is 4.79 Å². The van der Waals surface area contributed by atoms with Gasteiger partial charge in [0.2, 0.25) is 5.91 Å². The number of benzene rings is 1. The Balaban J connectivity index is 1.67. The molecule has 1 saturated carbocycles. The normalized spacial score (nSPS) is 15.6. The first kappa shape index (κ1) is 18.8. The zero-order valence-electron chi connectivity index (χ0n) is 15.9. The largest absolute Gasteiger partial charge is 0.376 e. The zero-order chi connectivity index (χ0) is 19.3. The number of carbonyl (C=O) groups excluding carboxylic acids is 1. The van der Waals surface area contributed by atoms with Gasteiger partial charge in [-0.3, -0.25) is 4.79 Å². The zero-order valence-corrected chi connectivity index (χ0v) is 15.9. The van der Waals surface area contributed by atoms with Crippen molar-refractivity contribution in [1.82, 2.24) is 14.9 Å². The van der Waals surface area contributed by atoms with Crippen molar-refractivity contribution in [3.05, 3.63) is 42.4 Å². The van der Waals surface area contributed by atoms with Gasteiger partial charge in [-0.15, -0.1) is 0 Å². The molecule has 0 bridgehead atoms. The van der Waals surface area contributed by atoms with E-state index < -0.39 is 5.54 Å². The average Bonchev–Trinajstić information content (AvgIpc) is 2.72. The molecule has 0 atom stereocenters. The number of anilines is 1. The SMILES string of the molecule is Cc1nccc(-c2cccc(NCC(=O)N(C)C3(C#N)CCCCC3)c2)n1. The van der Waals surface area contributed by atoms with Crippen LogP contribution in [0.3, 0.4) is 0 Å². The van der Waals surface area contributed by atoms with Gasteiger partial charge in [-0.1, -0.05) is 31.4 Å². The van der Waals surface area contributed by atoms with Crippen molar-refractivity contribution in [3.63, 3.8) is 0 Å². The van der Waals surface area contributed by atoms with Gasteiger partial charge in [0, 0.05) is 24.5 Å². The predicted octanol–water partition coefficient (Wildman–Crippen LogP) is 3.55. The summed E-state index contributed by atoms with van der Waals surface area (Å²) in [7, 11) is 1.75. The standard InChI is InChI=1S/C21H25N5O/c1-16-23-12-9-19(25-16)17-7-6-8-18(13-17)24-14-20(27)26(2)21(15-22)10-4-3-5-11-21/h6-9,12-13,24H,3-5,10-11,14H2,1-2H3. The van der Waals surface area contributed by atoms with Crippen LogP contribution in [0.4, 0.5) is 5.69 Å². The summed E-state index contributed by atoms with van der Waals surface area (Å²) in [5.74, 6) is 0.652. The van der Waals surface area contributed by atoms with Gasteiger partial charge in [0.05, 0.1) is 18.3 Å². The molecule has 27 heavy (non-hydrogen) atoms. The Hall–Kier alpha value is -2.94. The molecule has 3 rings (SSSR count). The Morgan fingerprint density at radius 3 is 2.78 bits per heavy atom. The van der Waals surface area contributed by atoms with Crippen molar-refractivity contribution < 1.29 is 4.79 Å². The van der Waals surface area contributed by atoms with Gasteiger partial charge < -0.3 is 10.2 Å². The molecule has 1 N–H and O–H groups in total. The second kappa shape index (κ2) is 8.17. The molecule has 1 aliphatic rings. The minimum Gasteiger partial charge on any atom is -0.376 e. The molecule has 1 aromatic carbocycles. The lowest BCUT2D eigenvalue weighted by molar-refractivity contribution is -0.132. The summed E-state index contributed by atoms with van der Waals surface area (Å²) >= 11 is 0. The molecule has 6 heteroatoms. The summed E-state index contributed by atoms with van der Waals surface area (Å²) < 4.78 is 0. The number of aryl methyl sites for hydroxylation is 1. The number of nitriles is 1. The lowest BCUT2D eigenvalue weighted by Gasteiger charge is -2.39. The molecular weight excluding hydrogens is 338 g/mol. The Labute approximate surface area is 160 Å². The van der Waals surface area contributed by atoms with Gasteiger partial charge in [0.15, 0.2) is 0 Å². The molecular formula is C21H25N5O. The lowest BCUT2D eigenvalue weighted by Crippen LogP contribution is -2.51. The van der Waals surface area contributed by atoms with E-state index in [1.165, 1.54) is 0 Å². The molecule has 1 fully saturated rings. The second-order valence-corrected chi connectivity index (χ2v) is 7.08. The number of carbonyl (C=O) groups is 1. The van der Waals surface area contributed by atoms with Crippen LogP contribution < -0.4 is 5.32 Å². The van der Waals surface area contributed by atoms with E-state index in [0.717, 1.165) is 54.9 Å². The van der Waals surface area contributed by atoms with E-state index in [1.54, 1.807) is 18.1 Å². The van der Waals surface area contributed by atoms with Crippen LogP contribution in [0, 0.1) is 18.3 Å². The van der Waals surface area contributed by atoms with E-state index in [4.69, 9.17) is 0 Å². The third-order valence-corrected chi connectivity index (χ3v) is 5.28. The minimum absolute atomic E-state index is 0.0678. The first-order chi connectivity index (χ1) is 13.0. The van der Waals surface area contributed by atoms with Crippen LogP contribution in [0.15, 0.2) is 36.5 Å². The number of amides is 1. The van der Waals surface area contributed by atoms with Crippen molar-refractivity contribution in [1.29, 1.82) is 5.26 Å². The highest BCUT2D eigenvalue weighted by Gasteiger charge is 2.38. The summed E-state index contributed by atoms with van der Waals surface area (Å²) in [6.45, 7) is 2.02. The molecule has 0 unspecified atom stereocenters. The molecule has 1 aromatic heterocycles. The van der Waals surface area contributed by atoms with Crippen LogP contribution in [0.25, 0.3) is 11.3 Å². The highest BCUT2D eigenvalue weighted by atomic mass is 16.2. The number of hydrogen-bond donors (Lipinski definition) is 1. The number of aromatic nitrogens is 2. The molecule has 6 nitrogen and oxygen atoms in total. The topological polar surface area (TPSA) is 81.9 Å². The van der Waals surface area contributed by atoms with Gasteiger partial charge in [0.1, 0.15) is 11.4 Å². The van der Waals surface area contributed by atoms with Crippen molar-refractivity contribution in [3.8, 4) is 17.3 Å². The van der Waals surface area contributed by atoms with E-state index >= 15 is 0 Å². The van der Waals surface area contributed by atoms with E-state index in [1.807, 2.05) is 37.3 Å². The Morgan fingerprint density at radius 2 is 2.07 bits per heavy atom. The van der Waals surface area contributed by atoms with Crippen LogP contribution >= 0.6 is 0 Å². The predicted molar refractivity (Wildman–Crippen MR) is 105 cm³/mol. The lowest BCUT2D eigenvalue weighted by atomic mass is 9.81. The van der Waals surface area contributed by atoms with Gasteiger partial charge in [0.25, 0.3) is 0 Å². The van der Waals surface area contributed by atoms with Crippen LogP contribution in [0.2, 0.25) is 0 Å². The summed E-state index contributed by atoms with van der Waals surface area (Å²) in [4.78, 5) is 22.9. The number of nitrogens with one attached hydrogen (secondary N) is 1. The maximum absolute atomic E-state index is 12.7. The molecule has 0 aliphatic heterocycles. The Morgan fingerprint density at radius 1 is 1.30 bits per heavy atom. The number of hydrogen-bond acceptors (Lipinski definition) is 5. The Bertz CT molecular complexity index is 852. The monoisotopic (exact) mass is 363 g/mol. The van der Waals surface area contributed by atoms with Crippen molar-refractivity contribution in [2.45, 2.75) is 44.6 Å². The first-order valence-electron chi connectivity index (χ1n) is 9.36. The van der Waals surface area contributed by atoms with Crippen LogP contribution in [0.5, 0.6) is 0 Å². The highest BCUT2D eigenvalue weighted by Crippen LogP contribution is 2.32. The van der Waals surface area contributed by atoms with Gasteiger partial charge >= 0.3 is 0 Å². The van der Waals surface area contributed by atoms with Crippen molar-refractivity contribution in [2.24, 2.45) is 0 Å². The van der Waals surface area contributed by atoms with Gasteiger partial charge in [-0.25, -0.2) is 9.97 Å². The fraction of sp³-hybridized carbons (Fsp3) is 0.429. The van der Waals surface area contributed by atoms with E-state index in [2.05, 4.69) is 21.4 Å². The Kier molecular flexibility index (Phi) is 5.70. The van der Waals surface area contributed by atoms with Gasteiger partial charge in [-0.05, 0) is 38.0 Å². The third-order valence-electron chi connectivity index (χ3n) is 5.28. The van der Waals surface area contributed by atoms with E-state index in [9.17, 15) is 10.1 Å². The van der Waals surface area contributed by atoms with E-state index in [-0.39, 0.29) is 12.5 Å². The molecule has 140 valence electrons. The summed E-state index contributed by atoms with van der Waals surface area (Å²) in [5, 5.41) is 12.8. The average molecular weight is 363 g/mol. The van der Waals surface area contributed by atoms with Crippen LogP contribution in [-0.4, -0.2) is 39.9 Å². The summed E-state index contributed by atoms with van der Waals surface area (Å²) in [5.41, 5.74) is 2.00. The molecule has 1 aliphatic carbocycles. The first-order valence-corrected chi connectivity index (χ1v) is 9.36. The number of nitrogens with zero attached hydrogens (tertiary/aromatic N) is 4. The third kappa shape index (κ3) is 4.25. The number of likely N-dealkylation sites (N-methyl/N-ethyl adjacent to an activating group) is 1. The molecule has 0 saturated heterocycles. The smallest absolute Gasteiger partial charge is 0.242 e. The maximum Gasteiger partial charge on any atom is 0.242 e. The second-order valence-electron chi connectivity index (χ2n) is 7.08. The fourth-order valence-electron chi connectivity index (χ4n) is 3.60. The van der Waals surface area contributed by atoms with Crippen LogP contribution in [0.1, 0.15) is 37.9 Å². The fourth-order valence-corrected chi connectivity index (χ4v) is 3.60. The quantitative estimate of drug-likeness (QED) is 0.878. The van der Waals surface area contributed by atoms with Crippen molar-refractivity contribution >= 4 is 11.6 Å². The molecule has 2 aromatic rings. The maximum atomic E-state index is 12.7. The summed E-state index contributed by atoms with van der Waals surface area (Å²) in [6, 6.07) is 12.1. The molecule has 0 spiro atoms. The van der Waals surface area contributed by atoms with E-state index in [0.29, 0.717) is 0 Å². The van der Waals surface area contributed by atoms with Crippen molar-refractivity contribution in [2.75, 3.05) is 18.9 Å².